The van der Waals surface area contributed by atoms with E-state index in [1.165, 1.54) is 23.9 Å². The van der Waals surface area contributed by atoms with Crippen molar-refractivity contribution in [1.82, 2.24) is 10.3 Å². The zero-order valence-corrected chi connectivity index (χ0v) is 13.3. The third kappa shape index (κ3) is 6.08. The van der Waals surface area contributed by atoms with Crippen molar-refractivity contribution in [1.29, 1.82) is 0 Å². The summed E-state index contributed by atoms with van der Waals surface area (Å²) >= 11 is 5.63. The van der Waals surface area contributed by atoms with Crippen molar-refractivity contribution in [2.45, 2.75) is 12.8 Å². The van der Waals surface area contributed by atoms with Crippen LogP contribution in [0, 0.1) is 0 Å². The number of hydrogen-bond donors (Lipinski definition) is 1. The van der Waals surface area contributed by atoms with Gasteiger partial charge in [-0.3, -0.25) is 4.79 Å². The van der Waals surface area contributed by atoms with E-state index in [9.17, 15) is 9.59 Å². The summed E-state index contributed by atoms with van der Waals surface area (Å²) in [6.45, 7) is 0.223. The average molecular weight is 333 g/mol. The van der Waals surface area contributed by atoms with Crippen molar-refractivity contribution in [3.8, 4) is 0 Å². The van der Waals surface area contributed by atoms with Crippen molar-refractivity contribution in [2.75, 3.05) is 13.2 Å². The van der Waals surface area contributed by atoms with Gasteiger partial charge in [-0.15, -0.1) is 0 Å². The monoisotopic (exact) mass is 332 g/mol. The first kappa shape index (κ1) is 17.0. The van der Waals surface area contributed by atoms with Gasteiger partial charge in [0.25, 0.3) is 5.91 Å². The predicted octanol–water partition coefficient (Wildman–Crippen LogP) is 2.64. The molecule has 0 radical (unpaired) electrons. The summed E-state index contributed by atoms with van der Waals surface area (Å²) in [5.74, 6) is -0.929. The summed E-state index contributed by atoms with van der Waals surface area (Å²) in [7, 11) is 0. The molecule has 0 aliphatic heterocycles. The van der Waals surface area contributed by atoms with Crippen molar-refractivity contribution >= 4 is 23.5 Å². The Labute approximate surface area is 139 Å². The molecule has 0 spiro atoms. The quantitative estimate of drug-likeness (QED) is 0.481. The van der Waals surface area contributed by atoms with Gasteiger partial charge in [0.1, 0.15) is 5.15 Å². The number of carbonyl (C=O) groups is 2. The molecule has 0 fully saturated rings. The summed E-state index contributed by atoms with van der Waals surface area (Å²) in [5, 5.41) is 3.01. The molecule has 0 bridgehead atoms. The lowest BCUT2D eigenvalue weighted by molar-refractivity contribution is -0.124. The summed E-state index contributed by atoms with van der Waals surface area (Å²) < 4.78 is 4.91. The van der Waals surface area contributed by atoms with Crippen LogP contribution in [0.25, 0.3) is 0 Å². The molecule has 0 aliphatic carbocycles. The number of aromatic nitrogens is 1. The Morgan fingerprint density at radius 1 is 1.13 bits per heavy atom. The van der Waals surface area contributed by atoms with Gasteiger partial charge in [0.2, 0.25) is 0 Å². The first-order valence-electron chi connectivity index (χ1n) is 7.24. The maximum atomic E-state index is 11.7. The lowest BCUT2D eigenvalue weighted by Gasteiger charge is -2.06. The second-order valence-corrected chi connectivity index (χ2v) is 5.27. The van der Waals surface area contributed by atoms with Crippen LogP contribution in [0.4, 0.5) is 0 Å². The van der Waals surface area contributed by atoms with E-state index in [-0.39, 0.29) is 23.2 Å². The molecule has 1 aromatic carbocycles. The highest BCUT2D eigenvalue weighted by atomic mass is 35.5. The van der Waals surface area contributed by atoms with E-state index in [0.29, 0.717) is 6.54 Å². The van der Waals surface area contributed by atoms with E-state index in [1.54, 1.807) is 0 Å². The van der Waals surface area contributed by atoms with Crippen LogP contribution in [-0.4, -0.2) is 30.0 Å². The number of carbonyl (C=O) groups excluding carboxylic acids is 2. The number of pyridine rings is 1. The maximum Gasteiger partial charge on any atom is 0.340 e. The topological polar surface area (TPSA) is 68.3 Å². The summed E-state index contributed by atoms with van der Waals surface area (Å²) in [6.07, 6.45) is 3.02. The Hall–Kier alpha value is -2.40. The number of rotatable bonds is 7. The van der Waals surface area contributed by atoms with Gasteiger partial charge in [0.05, 0.1) is 5.56 Å². The van der Waals surface area contributed by atoms with E-state index in [4.69, 9.17) is 16.3 Å². The highest BCUT2D eigenvalue weighted by Gasteiger charge is 2.10. The second kappa shape index (κ2) is 8.90. The fourth-order valence-corrected chi connectivity index (χ4v) is 2.04. The molecule has 2 rings (SSSR count). The van der Waals surface area contributed by atoms with E-state index < -0.39 is 5.97 Å². The normalized spacial score (nSPS) is 10.1. The number of ether oxygens (including phenoxy) is 1. The van der Waals surface area contributed by atoms with E-state index in [2.05, 4.69) is 10.3 Å². The third-order valence-corrected chi connectivity index (χ3v) is 3.33. The van der Waals surface area contributed by atoms with Crippen LogP contribution < -0.4 is 5.32 Å². The molecule has 1 aromatic heterocycles. The zero-order chi connectivity index (χ0) is 16.5. The molecule has 6 heteroatoms. The molecule has 0 saturated carbocycles. The van der Waals surface area contributed by atoms with Gasteiger partial charge in [-0.25, -0.2) is 9.78 Å². The molecule has 23 heavy (non-hydrogen) atoms. The summed E-state index contributed by atoms with van der Waals surface area (Å²) in [5.41, 5.74) is 1.48. The lowest BCUT2D eigenvalue weighted by Crippen LogP contribution is -2.29. The Balaban J connectivity index is 1.63. The molecule has 0 unspecified atom stereocenters. The molecule has 0 aliphatic rings. The number of benzene rings is 1. The van der Waals surface area contributed by atoms with E-state index in [0.717, 1.165) is 12.8 Å². The van der Waals surface area contributed by atoms with Crippen LogP contribution in [0.3, 0.4) is 0 Å². The van der Waals surface area contributed by atoms with Gasteiger partial charge in [-0.05, 0) is 30.5 Å². The fourth-order valence-electron chi connectivity index (χ4n) is 1.93. The minimum Gasteiger partial charge on any atom is -0.452 e. The number of halogens is 1. The molecule has 5 nitrogen and oxygen atoms in total. The Morgan fingerprint density at radius 2 is 1.91 bits per heavy atom. The smallest absolute Gasteiger partial charge is 0.340 e. The van der Waals surface area contributed by atoms with Gasteiger partial charge in [0.15, 0.2) is 6.61 Å². The van der Waals surface area contributed by atoms with Crippen LogP contribution in [0.15, 0.2) is 48.7 Å². The molecular formula is C17H17ClN2O3. The zero-order valence-electron chi connectivity index (χ0n) is 12.5. The van der Waals surface area contributed by atoms with Crippen LogP contribution in [0.2, 0.25) is 5.15 Å². The third-order valence-electron chi connectivity index (χ3n) is 3.10. The summed E-state index contributed by atoms with van der Waals surface area (Å²) in [6, 6.07) is 13.0. The largest absolute Gasteiger partial charge is 0.452 e. The van der Waals surface area contributed by atoms with Gasteiger partial charge < -0.3 is 10.1 Å². The van der Waals surface area contributed by atoms with Gasteiger partial charge >= 0.3 is 5.97 Å². The average Bonchev–Trinajstić information content (AvgIpc) is 2.58. The highest BCUT2D eigenvalue weighted by molar-refractivity contribution is 6.29. The molecule has 120 valence electrons. The van der Waals surface area contributed by atoms with Gasteiger partial charge in [0, 0.05) is 12.7 Å². The van der Waals surface area contributed by atoms with Crippen molar-refractivity contribution in [2.24, 2.45) is 0 Å². The Morgan fingerprint density at radius 3 is 2.61 bits per heavy atom. The van der Waals surface area contributed by atoms with Crippen LogP contribution in [-0.2, 0) is 16.0 Å². The Kier molecular flexibility index (Phi) is 6.56. The van der Waals surface area contributed by atoms with Gasteiger partial charge in [-0.1, -0.05) is 41.9 Å². The number of nitrogens with one attached hydrogen (secondary N) is 1. The van der Waals surface area contributed by atoms with Crippen molar-refractivity contribution in [3.05, 3.63) is 64.9 Å². The minimum absolute atomic E-state index is 0.256. The molecule has 0 saturated heterocycles. The molecule has 2 aromatic rings. The lowest BCUT2D eigenvalue weighted by atomic mass is 10.1. The SMILES string of the molecule is O=C(COC(=O)c1ccc(Cl)nc1)NCCCc1ccccc1. The molecule has 1 heterocycles. The first-order chi connectivity index (χ1) is 11.1. The Bertz CT molecular complexity index is 645. The van der Waals surface area contributed by atoms with Crippen LogP contribution >= 0.6 is 11.6 Å². The number of aryl methyl sites for hydroxylation is 1. The summed E-state index contributed by atoms with van der Waals surface area (Å²) in [4.78, 5) is 27.1. The van der Waals surface area contributed by atoms with Gasteiger partial charge in [-0.2, -0.15) is 0 Å². The van der Waals surface area contributed by atoms with Crippen LogP contribution in [0.5, 0.6) is 0 Å². The molecule has 1 N–H and O–H groups in total. The molecule has 0 atom stereocenters. The number of hydrogen-bond acceptors (Lipinski definition) is 4. The standard InChI is InChI=1S/C17H17ClN2O3/c18-15-9-8-14(11-20-15)17(22)23-12-16(21)19-10-4-7-13-5-2-1-3-6-13/h1-3,5-6,8-9,11H,4,7,10,12H2,(H,19,21). The van der Waals surface area contributed by atoms with Crippen LogP contribution in [0.1, 0.15) is 22.3 Å². The number of amides is 1. The van der Waals surface area contributed by atoms with Crippen molar-refractivity contribution in [3.63, 3.8) is 0 Å². The maximum absolute atomic E-state index is 11.7. The fraction of sp³-hybridized carbons (Fsp3) is 0.235. The molecular weight excluding hydrogens is 316 g/mol. The first-order valence-corrected chi connectivity index (χ1v) is 7.62. The van der Waals surface area contributed by atoms with Crippen molar-refractivity contribution < 1.29 is 14.3 Å². The minimum atomic E-state index is -0.603. The van der Waals surface area contributed by atoms with E-state index >= 15 is 0 Å². The highest BCUT2D eigenvalue weighted by Crippen LogP contribution is 2.06. The predicted molar refractivity (Wildman–Crippen MR) is 87.3 cm³/mol. The number of esters is 1. The second-order valence-electron chi connectivity index (χ2n) is 4.88. The van der Waals surface area contributed by atoms with E-state index in [1.807, 2.05) is 30.3 Å². The molecule has 1 amide bonds. The number of nitrogens with zero attached hydrogens (tertiary/aromatic N) is 1.